The van der Waals surface area contributed by atoms with E-state index in [2.05, 4.69) is 9.80 Å². The van der Waals surface area contributed by atoms with Gasteiger partial charge in [-0.1, -0.05) is 18.2 Å². The topological polar surface area (TPSA) is 26.7 Å². The van der Waals surface area contributed by atoms with E-state index >= 15 is 0 Å². The summed E-state index contributed by atoms with van der Waals surface area (Å²) in [7, 11) is 0. The van der Waals surface area contributed by atoms with Gasteiger partial charge >= 0.3 is 0 Å². The van der Waals surface area contributed by atoms with E-state index in [1.54, 1.807) is 6.07 Å². The number of aliphatic hydroxyl groups is 1. The Hall–Kier alpha value is -1.24. The third kappa shape index (κ3) is 5.28. The summed E-state index contributed by atoms with van der Waals surface area (Å²) < 4.78 is 27.3. The minimum absolute atomic E-state index is 0. The number of rotatable bonds is 5. The average molecular weight is 445 g/mol. The molecule has 0 amide bonds. The molecule has 1 N–H and O–H groups in total. The maximum atomic E-state index is 14.0. The average Bonchev–Trinajstić information content (AvgIpc) is 3.06. The highest BCUT2D eigenvalue weighted by atomic mass is 35.5. The van der Waals surface area contributed by atoms with Crippen molar-refractivity contribution in [3.8, 4) is 0 Å². The molecule has 2 atom stereocenters. The molecule has 0 saturated carbocycles. The molecular formula is C22H28Cl2F2N2O. The molecule has 4 rings (SSSR count). The summed E-state index contributed by atoms with van der Waals surface area (Å²) in [5.74, 6) is -0.245. The van der Waals surface area contributed by atoms with Gasteiger partial charge in [0.05, 0.1) is 0 Å². The fourth-order valence-electron chi connectivity index (χ4n) is 4.58. The second kappa shape index (κ2) is 10.7. The molecule has 1 aliphatic heterocycles. The second-order valence-electron chi connectivity index (χ2n) is 7.58. The molecule has 1 heterocycles. The molecule has 29 heavy (non-hydrogen) atoms. The maximum absolute atomic E-state index is 14.0. The zero-order chi connectivity index (χ0) is 18.8. The number of halogens is 4. The van der Waals surface area contributed by atoms with Crippen molar-refractivity contribution >= 4 is 24.8 Å². The lowest BCUT2D eigenvalue weighted by Crippen LogP contribution is -2.47. The predicted molar refractivity (Wildman–Crippen MR) is 116 cm³/mol. The van der Waals surface area contributed by atoms with Crippen LogP contribution in [0.1, 0.15) is 41.5 Å². The molecule has 0 spiro atoms. The monoisotopic (exact) mass is 444 g/mol. The zero-order valence-electron chi connectivity index (χ0n) is 16.3. The Bertz CT molecular complexity index is 783. The van der Waals surface area contributed by atoms with Gasteiger partial charge in [-0.2, -0.15) is 0 Å². The normalized spacial score (nSPS) is 21.9. The summed E-state index contributed by atoms with van der Waals surface area (Å²) in [4.78, 5) is 4.84. The number of hydrogen-bond acceptors (Lipinski definition) is 3. The van der Waals surface area contributed by atoms with Gasteiger partial charge in [-0.15, -0.1) is 24.8 Å². The van der Waals surface area contributed by atoms with Crippen LogP contribution in [0.2, 0.25) is 0 Å². The third-order valence-electron chi connectivity index (χ3n) is 5.99. The smallest absolute Gasteiger partial charge is 0.123 e. The van der Waals surface area contributed by atoms with Gasteiger partial charge in [-0.3, -0.25) is 4.90 Å². The summed E-state index contributed by atoms with van der Waals surface area (Å²) >= 11 is 0. The lowest BCUT2D eigenvalue weighted by atomic mass is 9.93. The van der Waals surface area contributed by atoms with Gasteiger partial charge in [-0.05, 0) is 53.8 Å². The van der Waals surface area contributed by atoms with Crippen LogP contribution >= 0.6 is 24.8 Å². The highest BCUT2D eigenvalue weighted by Crippen LogP contribution is 2.47. The number of piperazine rings is 1. The van der Waals surface area contributed by atoms with E-state index in [0.29, 0.717) is 0 Å². The number of aliphatic hydroxyl groups excluding tert-OH is 1. The standard InChI is InChI=1S/C22H26F2N2O.2ClH/c23-17-4-2-16(3-5-17)20-15-22(21-14-18(24)6-7-19(20)21)26-11-9-25(10-12-26)8-1-13-27;;/h2-7,14,20,22,27H,1,8-13,15H2;2*1H/t20-,22+;;/m1../s1. The summed E-state index contributed by atoms with van der Waals surface area (Å²) in [5.41, 5.74) is 3.33. The molecule has 0 bridgehead atoms. The van der Waals surface area contributed by atoms with Crippen molar-refractivity contribution in [2.24, 2.45) is 0 Å². The van der Waals surface area contributed by atoms with E-state index in [1.165, 1.54) is 18.2 Å². The Morgan fingerprint density at radius 1 is 0.862 bits per heavy atom. The van der Waals surface area contributed by atoms with Crippen molar-refractivity contribution in [3.05, 3.63) is 70.8 Å². The molecule has 3 nitrogen and oxygen atoms in total. The van der Waals surface area contributed by atoms with E-state index in [1.807, 2.05) is 18.2 Å². The Kier molecular flexibility index (Phi) is 8.86. The zero-order valence-corrected chi connectivity index (χ0v) is 17.9. The van der Waals surface area contributed by atoms with Gasteiger partial charge in [0.15, 0.2) is 0 Å². The summed E-state index contributed by atoms with van der Waals surface area (Å²) in [6.45, 7) is 5.00. The van der Waals surface area contributed by atoms with Gasteiger partial charge in [0.1, 0.15) is 11.6 Å². The van der Waals surface area contributed by atoms with Crippen molar-refractivity contribution in [1.29, 1.82) is 0 Å². The third-order valence-corrected chi connectivity index (χ3v) is 5.99. The lowest BCUT2D eigenvalue weighted by molar-refractivity contribution is 0.0902. The molecule has 1 aliphatic carbocycles. The van der Waals surface area contributed by atoms with Crippen LogP contribution in [-0.4, -0.2) is 54.2 Å². The van der Waals surface area contributed by atoms with Crippen molar-refractivity contribution in [3.63, 3.8) is 0 Å². The highest BCUT2D eigenvalue weighted by Gasteiger charge is 2.36. The molecule has 2 aliphatic rings. The van der Waals surface area contributed by atoms with E-state index in [0.717, 1.165) is 62.3 Å². The van der Waals surface area contributed by atoms with Gasteiger partial charge in [0.25, 0.3) is 0 Å². The van der Waals surface area contributed by atoms with Crippen LogP contribution < -0.4 is 0 Å². The van der Waals surface area contributed by atoms with Crippen molar-refractivity contribution < 1.29 is 13.9 Å². The van der Waals surface area contributed by atoms with E-state index in [-0.39, 0.29) is 55.0 Å². The molecule has 1 saturated heterocycles. The first-order chi connectivity index (χ1) is 13.2. The number of fused-ring (bicyclic) bond motifs is 1. The second-order valence-corrected chi connectivity index (χ2v) is 7.58. The largest absolute Gasteiger partial charge is 0.396 e. The SMILES string of the molecule is Cl.Cl.OCCCN1CCN([C@H]2C[C@H](c3ccc(F)cc3)c3ccc(F)cc32)CC1. The van der Waals surface area contributed by atoms with Gasteiger partial charge in [0, 0.05) is 51.3 Å². The van der Waals surface area contributed by atoms with Crippen LogP contribution in [0.5, 0.6) is 0 Å². The van der Waals surface area contributed by atoms with Crippen molar-refractivity contribution in [2.45, 2.75) is 24.8 Å². The minimum Gasteiger partial charge on any atom is -0.396 e. The quantitative estimate of drug-likeness (QED) is 0.740. The molecule has 160 valence electrons. The Morgan fingerprint density at radius 3 is 2.17 bits per heavy atom. The molecule has 0 radical (unpaired) electrons. The van der Waals surface area contributed by atoms with Crippen LogP contribution in [0.25, 0.3) is 0 Å². The van der Waals surface area contributed by atoms with Crippen LogP contribution in [-0.2, 0) is 0 Å². The Morgan fingerprint density at radius 2 is 1.52 bits per heavy atom. The minimum atomic E-state index is -0.230. The lowest BCUT2D eigenvalue weighted by Gasteiger charge is -2.38. The Labute approximate surface area is 183 Å². The fourth-order valence-corrected chi connectivity index (χ4v) is 4.58. The van der Waals surface area contributed by atoms with Gasteiger partial charge in [-0.25, -0.2) is 8.78 Å². The number of benzene rings is 2. The van der Waals surface area contributed by atoms with Gasteiger partial charge < -0.3 is 10.0 Å². The summed E-state index contributed by atoms with van der Waals surface area (Å²) in [6.07, 6.45) is 1.71. The summed E-state index contributed by atoms with van der Waals surface area (Å²) in [6, 6.07) is 12.0. The number of nitrogens with zero attached hydrogens (tertiary/aromatic N) is 2. The van der Waals surface area contributed by atoms with Gasteiger partial charge in [0.2, 0.25) is 0 Å². The highest BCUT2D eigenvalue weighted by molar-refractivity contribution is 5.85. The Balaban J connectivity index is 0.00000150. The van der Waals surface area contributed by atoms with Crippen LogP contribution in [0.4, 0.5) is 8.78 Å². The van der Waals surface area contributed by atoms with Crippen LogP contribution in [0, 0.1) is 11.6 Å². The maximum Gasteiger partial charge on any atom is 0.123 e. The molecule has 0 unspecified atom stereocenters. The molecule has 2 aromatic carbocycles. The fraction of sp³-hybridized carbons (Fsp3) is 0.455. The van der Waals surface area contributed by atoms with E-state index < -0.39 is 0 Å². The van der Waals surface area contributed by atoms with E-state index in [4.69, 9.17) is 5.11 Å². The van der Waals surface area contributed by atoms with Crippen LogP contribution in [0.15, 0.2) is 42.5 Å². The first kappa shape index (κ1) is 24.0. The van der Waals surface area contributed by atoms with Crippen molar-refractivity contribution in [1.82, 2.24) is 9.80 Å². The predicted octanol–water partition coefficient (Wildman–Crippen LogP) is 4.39. The molecule has 0 aromatic heterocycles. The molecular weight excluding hydrogens is 417 g/mol. The van der Waals surface area contributed by atoms with Crippen LogP contribution in [0.3, 0.4) is 0 Å². The van der Waals surface area contributed by atoms with E-state index in [9.17, 15) is 8.78 Å². The molecule has 2 aromatic rings. The first-order valence-electron chi connectivity index (χ1n) is 9.78. The van der Waals surface area contributed by atoms with Crippen molar-refractivity contribution in [2.75, 3.05) is 39.3 Å². The molecule has 7 heteroatoms. The summed E-state index contributed by atoms with van der Waals surface area (Å²) in [5, 5.41) is 9.02. The first-order valence-corrected chi connectivity index (χ1v) is 9.78. The number of hydrogen-bond donors (Lipinski definition) is 1. The molecule has 1 fully saturated rings.